The molecule has 1 amide bonds. The zero-order chi connectivity index (χ0) is 13.4. The van der Waals surface area contributed by atoms with Crippen molar-refractivity contribution in [3.05, 3.63) is 0 Å². The number of rotatable bonds is 0. The maximum absolute atomic E-state index is 12.0. The fourth-order valence-corrected chi connectivity index (χ4v) is 2.86. The van der Waals surface area contributed by atoms with Crippen molar-refractivity contribution in [3.63, 3.8) is 0 Å². The standard InChI is InChI=1S/C12H19BrN2O3/c1-11(2,3)17-10(16)15-6-4-5-12(8-15)7-9(13)14-18-12/h4-8H2,1-3H3/t12-/m1/s1. The van der Waals surface area contributed by atoms with Crippen LogP contribution < -0.4 is 0 Å². The third kappa shape index (κ3) is 3.16. The van der Waals surface area contributed by atoms with Crippen LogP contribution in [-0.4, -0.2) is 39.9 Å². The van der Waals surface area contributed by atoms with Gasteiger partial charge in [-0.15, -0.1) is 0 Å². The van der Waals surface area contributed by atoms with Crippen molar-refractivity contribution >= 4 is 26.6 Å². The lowest BCUT2D eigenvalue weighted by molar-refractivity contribution is -0.0719. The number of carbonyl (C=O) groups is 1. The number of halogens is 1. The number of carbonyl (C=O) groups excluding carboxylic acids is 1. The van der Waals surface area contributed by atoms with E-state index in [-0.39, 0.29) is 11.7 Å². The first kappa shape index (κ1) is 13.6. The summed E-state index contributed by atoms with van der Waals surface area (Å²) in [4.78, 5) is 19.2. The Kier molecular flexibility index (Phi) is 3.58. The van der Waals surface area contributed by atoms with Gasteiger partial charge < -0.3 is 14.5 Å². The molecule has 0 bridgehead atoms. The van der Waals surface area contributed by atoms with Crippen molar-refractivity contribution in [2.45, 2.75) is 51.2 Å². The van der Waals surface area contributed by atoms with Gasteiger partial charge in [0.2, 0.25) is 0 Å². The molecule has 1 atom stereocenters. The highest BCUT2D eigenvalue weighted by Gasteiger charge is 2.44. The Morgan fingerprint density at radius 1 is 1.56 bits per heavy atom. The number of likely N-dealkylation sites (tertiary alicyclic amines) is 1. The first-order chi connectivity index (χ1) is 8.30. The number of nitrogens with zero attached hydrogens (tertiary/aromatic N) is 2. The zero-order valence-electron chi connectivity index (χ0n) is 11.0. The predicted molar refractivity (Wildman–Crippen MR) is 71.8 cm³/mol. The SMILES string of the molecule is CC(C)(C)OC(=O)N1CCC[C@@]2(CC(Br)=NO2)C1. The fourth-order valence-electron chi connectivity index (χ4n) is 2.28. The Bertz CT molecular complexity index is 378. The monoisotopic (exact) mass is 318 g/mol. The minimum Gasteiger partial charge on any atom is -0.444 e. The van der Waals surface area contributed by atoms with Crippen LogP contribution in [-0.2, 0) is 9.57 Å². The number of oxime groups is 1. The number of piperidine rings is 1. The molecule has 6 heteroatoms. The molecule has 1 saturated heterocycles. The lowest BCUT2D eigenvalue weighted by Crippen LogP contribution is -2.51. The number of hydrogen-bond acceptors (Lipinski definition) is 4. The fraction of sp³-hybridized carbons (Fsp3) is 0.833. The van der Waals surface area contributed by atoms with Crippen molar-refractivity contribution in [2.24, 2.45) is 5.16 Å². The van der Waals surface area contributed by atoms with Crippen LogP contribution in [0.25, 0.3) is 0 Å². The van der Waals surface area contributed by atoms with Crippen molar-refractivity contribution in [2.75, 3.05) is 13.1 Å². The summed E-state index contributed by atoms with van der Waals surface area (Å²) in [6.45, 7) is 6.88. The summed E-state index contributed by atoms with van der Waals surface area (Å²) in [5.41, 5.74) is -0.816. The van der Waals surface area contributed by atoms with Gasteiger partial charge in [-0.3, -0.25) is 0 Å². The molecule has 18 heavy (non-hydrogen) atoms. The van der Waals surface area contributed by atoms with Crippen LogP contribution in [0, 0.1) is 0 Å². The molecule has 2 aliphatic rings. The summed E-state index contributed by atoms with van der Waals surface area (Å²) in [6, 6.07) is 0. The molecule has 0 unspecified atom stereocenters. The second kappa shape index (κ2) is 4.72. The van der Waals surface area contributed by atoms with Crippen molar-refractivity contribution in [1.82, 2.24) is 4.90 Å². The molecule has 0 aromatic heterocycles. The summed E-state index contributed by atoms with van der Waals surface area (Å²) in [7, 11) is 0. The Morgan fingerprint density at radius 2 is 2.28 bits per heavy atom. The van der Waals surface area contributed by atoms with Crippen LogP contribution in [0.2, 0.25) is 0 Å². The molecule has 2 heterocycles. The molecule has 1 spiro atoms. The molecule has 0 aliphatic carbocycles. The largest absolute Gasteiger partial charge is 0.444 e. The Labute approximate surface area is 116 Å². The minimum absolute atomic E-state index is 0.270. The molecule has 0 radical (unpaired) electrons. The van der Waals surface area contributed by atoms with Crippen LogP contribution in [0.5, 0.6) is 0 Å². The lowest BCUT2D eigenvalue weighted by Gasteiger charge is -2.38. The smallest absolute Gasteiger partial charge is 0.410 e. The lowest BCUT2D eigenvalue weighted by atomic mass is 9.90. The van der Waals surface area contributed by atoms with E-state index in [2.05, 4.69) is 21.1 Å². The normalized spacial score (nSPS) is 28.0. The molecule has 2 rings (SSSR count). The molecule has 2 aliphatic heterocycles. The maximum Gasteiger partial charge on any atom is 0.410 e. The van der Waals surface area contributed by atoms with Crippen LogP contribution in [0.1, 0.15) is 40.0 Å². The van der Waals surface area contributed by atoms with Crippen LogP contribution in [0.4, 0.5) is 4.79 Å². The molecule has 0 saturated carbocycles. The summed E-state index contributed by atoms with van der Waals surface area (Å²) in [5, 5.41) is 3.94. The predicted octanol–water partition coefficient (Wildman–Crippen LogP) is 2.88. The molecule has 0 aromatic rings. The summed E-state index contributed by atoms with van der Waals surface area (Å²) < 4.78 is 6.20. The van der Waals surface area contributed by atoms with E-state index < -0.39 is 5.60 Å². The van der Waals surface area contributed by atoms with E-state index >= 15 is 0 Å². The molecule has 0 aromatic carbocycles. The van der Waals surface area contributed by atoms with Gasteiger partial charge in [0.05, 0.1) is 6.54 Å². The van der Waals surface area contributed by atoms with E-state index in [4.69, 9.17) is 9.57 Å². The molecular weight excluding hydrogens is 300 g/mol. The van der Waals surface area contributed by atoms with Gasteiger partial charge in [0.1, 0.15) is 10.2 Å². The quantitative estimate of drug-likeness (QED) is 0.690. The summed E-state index contributed by atoms with van der Waals surface area (Å²) in [6.07, 6.45) is 2.29. The highest BCUT2D eigenvalue weighted by Crippen LogP contribution is 2.35. The van der Waals surface area contributed by atoms with Gasteiger partial charge in [0.25, 0.3) is 0 Å². The van der Waals surface area contributed by atoms with Gasteiger partial charge in [0, 0.05) is 13.0 Å². The zero-order valence-corrected chi connectivity index (χ0v) is 12.6. The molecule has 5 nitrogen and oxygen atoms in total. The Balaban J connectivity index is 1.97. The number of hydrogen-bond donors (Lipinski definition) is 0. The average molecular weight is 319 g/mol. The molecule has 1 fully saturated rings. The van der Waals surface area contributed by atoms with Crippen LogP contribution in [0.15, 0.2) is 5.16 Å². The van der Waals surface area contributed by atoms with Gasteiger partial charge in [-0.1, -0.05) is 5.16 Å². The minimum atomic E-state index is -0.463. The molecule has 0 N–H and O–H groups in total. The highest BCUT2D eigenvalue weighted by atomic mass is 79.9. The van der Waals surface area contributed by atoms with Gasteiger partial charge in [-0.2, -0.15) is 0 Å². The average Bonchev–Trinajstić information content (AvgIpc) is 2.57. The van der Waals surface area contributed by atoms with Crippen molar-refractivity contribution < 1.29 is 14.4 Å². The summed E-state index contributed by atoms with van der Waals surface area (Å²) >= 11 is 3.34. The summed E-state index contributed by atoms with van der Waals surface area (Å²) in [5.74, 6) is 0. The molecule has 102 valence electrons. The van der Waals surface area contributed by atoms with Gasteiger partial charge >= 0.3 is 6.09 Å². The number of ether oxygens (including phenoxy) is 1. The Hall–Kier alpha value is -0.780. The molecular formula is C12H19BrN2O3. The van der Waals surface area contributed by atoms with E-state index in [0.717, 1.165) is 30.4 Å². The first-order valence-corrected chi connectivity index (χ1v) is 6.97. The number of amides is 1. The van der Waals surface area contributed by atoms with Crippen molar-refractivity contribution in [3.8, 4) is 0 Å². The van der Waals surface area contributed by atoms with E-state index in [0.29, 0.717) is 6.54 Å². The van der Waals surface area contributed by atoms with Gasteiger partial charge in [-0.05, 0) is 49.5 Å². The van der Waals surface area contributed by atoms with Crippen molar-refractivity contribution in [1.29, 1.82) is 0 Å². The van der Waals surface area contributed by atoms with E-state index in [1.165, 1.54) is 0 Å². The van der Waals surface area contributed by atoms with Crippen LogP contribution >= 0.6 is 15.9 Å². The van der Waals surface area contributed by atoms with Gasteiger partial charge in [-0.25, -0.2) is 4.79 Å². The van der Waals surface area contributed by atoms with E-state index in [9.17, 15) is 4.79 Å². The van der Waals surface area contributed by atoms with Crippen LogP contribution in [0.3, 0.4) is 0 Å². The maximum atomic E-state index is 12.0. The third-order valence-electron chi connectivity index (χ3n) is 3.00. The first-order valence-electron chi connectivity index (χ1n) is 6.18. The second-order valence-corrected chi connectivity index (χ2v) is 6.84. The Morgan fingerprint density at radius 3 is 2.83 bits per heavy atom. The van der Waals surface area contributed by atoms with E-state index in [1.54, 1.807) is 4.90 Å². The highest BCUT2D eigenvalue weighted by molar-refractivity contribution is 9.18. The van der Waals surface area contributed by atoms with Gasteiger partial charge in [0.15, 0.2) is 5.60 Å². The second-order valence-electron chi connectivity index (χ2n) is 5.92. The third-order valence-corrected chi connectivity index (χ3v) is 3.42. The van der Waals surface area contributed by atoms with E-state index in [1.807, 2.05) is 20.8 Å². The topological polar surface area (TPSA) is 51.1 Å².